The predicted octanol–water partition coefficient (Wildman–Crippen LogP) is 9.62. The van der Waals surface area contributed by atoms with Crippen molar-refractivity contribution in [3.63, 3.8) is 0 Å². The molecule has 3 heterocycles. The number of fused-ring (bicyclic) bond motifs is 2. The van der Waals surface area contributed by atoms with Gasteiger partial charge in [0.1, 0.15) is 34.6 Å². The fourth-order valence-corrected chi connectivity index (χ4v) is 12.2. The molecule has 2 aliphatic rings. The van der Waals surface area contributed by atoms with Crippen LogP contribution in [0.3, 0.4) is 0 Å². The summed E-state index contributed by atoms with van der Waals surface area (Å²) in [4.78, 5) is 18.7. The fourth-order valence-electron chi connectivity index (χ4n) is 8.60. The van der Waals surface area contributed by atoms with Crippen LogP contribution in [0, 0.1) is 18.3 Å². The van der Waals surface area contributed by atoms with Gasteiger partial charge >= 0.3 is 5.69 Å². The molecule has 1 N–H and O–H groups in total. The molecule has 2 fully saturated rings. The summed E-state index contributed by atoms with van der Waals surface area (Å²) in [6, 6.07) is 38.4. The van der Waals surface area contributed by atoms with Gasteiger partial charge in [-0.3, -0.25) is 4.57 Å². The third-order valence-electron chi connectivity index (χ3n) is 11.7. The van der Waals surface area contributed by atoms with Gasteiger partial charge in [0.2, 0.25) is 0 Å². The van der Waals surface area contributed by atoms with E-state index in [-0.39, 0.29) is 42.2 Å². The molecule has 0 aliphatic carbocycles. The summed E-state index contributed by atoms with van der Waals surface area (Å²) in [5, 5.41) is 12.4. The third-order valence-corrected chi connectivity index (χ3v) is 15.4. The zero-order valence-corrected chi connectivity index (χ0v) is 39.0. The van der Waals surface area contributed by atoms with E-state index in [1.807, 2.05) is 110 Å². The van der Waals surface area contributed by atoms with Crippen LogP contribution in [0.15, 0.2) is 120 Å². The van der Waals surface area contributed by atoms with Crippen molar-refractivity contribution >= 4 is 26.1 Å². The fraction of sp³-hybridized carbons (Fsp3) is 0.408. The predicted molar refractivity (Wildman–Crippen MR) is 249 cm³/mol. The summed E-state index contributed by atoms with van der Waals surface area (Å²) in [6.45, 7) is 13.3. The molecule has 0 radical (unpaired) electrons. The molecule has 5 aromatic rings. The molecule has 2 saturated heterocycles. The second-order valence-corrected chi connectivity index (χ2v) is 19.3. The summed E-state index contributed by atoms with van der Waals surface area (Å²) in [7, 11) is 1.59. The van der Waals surface area contributed by atoms with Gasteiger partial charge in [-0.25, -0.2) is 9.46 Å². The van der Waals surface area contributed by atoms with E-state index >= 15 is 0 Å². The molecule has 6 atom stereocenters. The molecule has 7 rings (SSSR count). The van der Waals surface area contributed by atoms with Crippen molar-refractivity contribution in [3.05, 3.63) is 154 Å². The number of aryl methyl sites for hydroxylation is 1. The molecular formula is C49H58N5O7PS. The van der Waals surface area contributed by atoms with Crippen LogP contribution < -0.4 is 20.5 Å². The van der Waals surface area contributed by atoms with Gasteiger partial charge in [0.05, 0.1) is 45.2 Å². The zero-order chi connectivity index (χ0) is 44.7. The van der Waals surface area contributed by atoms with Crippen molar-refractivity contribution in [2.45, 2.75) is 101 Å². The number of methoxy groups -OCH3 is 2. The lowest BCUT2D eigenvalue weighted by molar-refractivity contribution is -0.157. The normalized spacial score (nSPS) is 21.2. The number of rotatable bonds is 20. The molecule has 4 aromatic carbocycles. The molecule has 1 unspecified atom stereocenters. The Bertz CT molecular complexity index is 2310. The molecule has 14 heteroatoms. The van der Waals surface area contributed by atoms with Gasteiger partial charge in [-0.15, -0.1) is 11.8 Å². The van der Waals surface area contributed by atoms with Gasteiger partial charge in [0.25, 0.3) is 8.53 Å². The van der Waals surface area contributed by atoms with E-state index in [1.54, 1.807) is 30.5 Å². The summed E-state index contributed by atoms with van der Waals surface area (Å²) < 4.78 is 43.8. The number of benzene rings is 4. The standard InChI is InChI=1S/C49H58N5O7PS/c1-33(2)54(34(3)4)62(59-29-15-28-50)61-44-43-46(53-31-35(5)45(52-47(53)55)51-30-37-16-11-9-12-17-37)60-48(44,36(6)63-43)32-58-49(38-18-13-10-14-19-38,39-20-24-41(56-7)25-21-39)40-22-26-42(57-8)27-23-40/h9-14,16-27,31,33-34,36,43-44,46H,15,29-30,32H2,1-8H3,(H,51,52,55)/t36-,43-,44+,46-,48+,62?/m1/s1. The molecular weight excluding hydrogens is 834 g/mol. The highest BCUT2D eigenvalue weighted by Gasteiger charge is 2.68. The Labute approximate surface area is 376 Å². The van der Waals surface area contributed by atoms with Crippen molar-refractivity contribution in [2.75, 3.05) is 32.8 Å². The van der Waals surface area contributed by atoms with Crippen molar-refractivity contribution in [2.24, 2.45) is 0 Å². The highest BCUT2D eigenvalue weighted by atomic mass is 32.2. The van der Waals surface area contributed by atoms with Crippen LogP contribution in [0.1, 0.15) is 75.1 Å². The Morgan fingerprint density at radius 3 is 2.03 bits per heavy atom. The van der Waals surface area contributed by atoms with E-state index in [0.29, 0.717) is 23.9 Å². The number of nitriles is 1. The maximum atomic E-state index is 14.2. The highest BCUT2D eigenvalue weighted by molar-refractivity contribution is 8.01. The highest BCUT2D eigenvalue weighted by Crippen LogP contribution is 2.62. The van der Waals surface area contributed by atoms with Crippen LogP contribution in [0.25, 0.3) is 0 Å². The Hall–Kier alpha value is -4.77. The van der Waals surface area contributed by atoms with Crippen LogP contribution >= 0.6 is 20.3 Å². The molecule has 12 nitrogen and oxygen atoms in total. The van der Waals surface area contributed by atoms with Crippen molar-refractivity contribution in [1.82, 2.24) is 14.2 Å². The lowest BCUT2D eigenvalue weighted by Crippen LogP contribution is -2.52. The van der Waals surface area contributed by atoms with Gasteiger partial charge in [-0.2, -0.15) is 10.2 Å². The lowest BCUT2D eigenvalue weighted by atomic mass is 9.79. The zero-order valence-electron chi connectivity index (χ0n) is 37.3. The first kappa shape index (κ1) is 46.2. The first-order valence-electron chi connectivity index (χ1n) is 21.4. The Morgan fingerprint density at radius 1 is 0.905 bits per heavy atom. The maximum absolute atomic E-state index is 14.2. The summed E-state index contributed by atoms with van der Waals surface area (Å²) >= 11 is 1.72. The van der Waals surface area contributed by atoms with E-state index in [2.05, 4.69) is 67.8 Å². The van der Waals surface area contributed by atoms with Crippen LogP contribution in [0.2, 0.25) is 0 Å². The Morgan fingerprint density at radius 2 is 1.48 bits per heavy atom. The second kappa shape index (κ2) is 20.4. The number of nitrogens with zero attached hydrogens (tertiary/aromatic N) is 4. The molecule has 332 valence electrons. The van der Waals surface area contributed by atoms with Gasteiger partial charge in [-0.1, -0.05) is 91.9 Å². The quantitative estimate of drug-likeness (QED) is 0.0454. The van der Waals surface area contributed by atoms with E-state index < -0.39 is 37.7 Å². The molecule has 0 amide bonds. The van der Waals surface area contributed by atoms with E-state index in [4.69, 9.17) is 28.0 Å². The molecule has 0 spiro atoms. The number of ether oxygens (including phenoxy) is 4. The molecule has 63 heavy (non-hydrogen) atoms. The summed E-state index contributed by atoms with van der Waals surface area (Å²) in [5.41, 5.74) is 1.84. The number of hydrogen-bond donors (Lipinski definition) is 1. The van der Waals surface area contributed by atoms with Gasteiger partial charge in [-0.05, 0) is 81.1 Å². The number of thioether (sulfide) groups is 1. The minimum absolute atomic E-state index is 0.0625. The molecule has 2 bridgehead atoms. The average molecular weight is 892 g/mol. The van der Waals surface area contributed by atoms with Crippen molar-refractivity contribution in [1.29, 1.82) is 5.26 Å². The first-order chi connectivity index (χ1) is 30.4. The smallest absolute Gasteiger partial charge is 0.351 e. The lowest BCUT2D eigenvalue weighted by Gasteiger charge is -2.43. The largest absolute Gasteiger partial charge is 0.497 e. The Kier molecular flexibility index (Phi) is 15.0. The third kappa shape index (κ3) is 9.55. The van der Waals surface area contributed by atoms with Crippen LogP contribution in [-0.4, -0.2) is 75.9 Å². The SMILES string of the molecule is COc1ccc(C(OC[C@]23O[C@@H](n4cc(C)c(NCc5ccccc5)nc4=O)[C@H](S[C@@H]2C)[C@@H]3OP(OCCC#N)N(C(C)C)C(C)C)(c2ccccc2)c2ccc(OC)cc2)cc1. The van der Waals surface area contributed by atoms with Crippen LogP contribution in [0.4, 0.5) is 5.82 Å². The summed E-state index contributed by atoms with van der Waals surface area (Å²) in [5.74, 6) is 1.95. The first-order valence-corrected chi connectivity index (χ1v) is 23.5. The monoisotopic (exact) mass is 891 g/mol. The van der Waals surface area contributed by atoms with Crippen molar-refractivity contribution < 1.29 is 28.0 Å². The Balaban J connectivity index is 1.34. The number of hydrogen-bond acceptors (Lipinski definition) is 12. The van der Waals surface area contributed by atoms with E-state index in [9.17, 15) is 10.1 Å². The number of aromatic nitrogens is 2. The van der Waals surface area contributed by atoms with Crippen LogP contribution in [-0.2, 0) is 30.7 Å². The number of anilines is 1. The van der Waals surface area contributed by atoms with Crippen LogP contribution in [0.5, 0.6) is 11.5 Å². The van der Waals surface area contributed by atoms with Crippen molar-refractivity contribution in [3.8, 4) is 17.6 Å². The summed E-state index contributed by atoms with van der Waals surface area (Å²) in [6.07, 6.45) is 0.679. The van der Waals surface area contributed by atoms with Gasteiger partial charge in [0.15, 0.2) is 6.23 Å². The second-order valence-electron chi connectivity index (χ2n) is 16.4. The number of nitrogens with one attached hydrogen (secondary N) is 1. The minimum atomic E-state index is -1.71. The van der Waals surface area contributed by atoms with Gasteiger partial charge in [0, 0.05) is 35.6 Å². The average Bonchev–Trinajstić information content (AvgIpc) is 3.73. The topological polar surface area (TPSA) is 129 Å². The maximum Gasteiger partial charge on any atom is 0.351 e. The molecule has 1 aromatic heterocycles. The minimum Gasteiger partial charge on any atom is -0.497 e. The van der Waals surface area contributed by atoms with E-state index in [0.717, 1.165) is 27.8 Å². The van der Waals surface area contributed by atoms with E-state index in [1.165, 1.54) is 0 Å². The van der Waals surface area contributed by atoms with Gasteiger partial charge < -0.3 is 33.3 Å². The molecule has 0 saturated carbocycles. The molecule has 2 aliphatic heterocycles.